The van der Waals surface area contributed by atoms with Crippen LogP contribution in [-0.2, 0) is 17.6 Å². The maximum atomic E-state index is 12.8. The first kappa shape index (κ1) is 20.5. The highest BCUT2D eigenvalue weighted by atomic mass is 35.5. The van der Waals surface area contributed by atoms with Crippen LogP contribution in [0.25, 0.3) is 11.1 Å². The third-order valence-electron chi connectivity index (χ3n) is 5.56. The summed E-state index contributed by atoms with van der Waals surface area (Å²) >= 11 is 12.7. The van der Waals surface area contributed by atoms with Gasteiger partial charge >= 0.3 is 5.97 Å². The predicted molar refractivity (Wildman–Crippen MR) is 120 cm³/mol. The molecule has 0 fully saturated rings. The van der Waals surface area contributed by atoms with Crippen LogP contribution in [0.3, 0.4) is 0 Å². The fourth-order valence-electron chi connectivity index (χ4n) is 3.92. The van der Waals surface area contributed by atoms with E-state index in [1.807, 2.05) is 30.3 Å². The number of fused-ring (bicyclic) bond motifs is 3. The van der Waals surface area contributed by atoms with Gasteiger partial charge in [0.1, 0.15) is 0 Å². The van der Waals surface area contributed by atoms with Crippen LogP contribution in [-0.4, -0.2) is 24.0 Å². The van der Waals surface area contributed by atoms with Crippen LogP contribution in [0.15, 0.2) is 54.6 Å². The molecule has 0 bridgehead atoms. The first-order valence-corrected chi connectivity index (χ1v) is 10.3. The molecule has 0 saturated carbocycles. The number of hydrogen-bond acceptors (Lipinski definition) is 2. The van der Waals surface area contributed by atoms with Gasteiger partial charge in [-0.3, -0.25) is 4.79 Å². The highest BCUT2D eigenvalue weighted by molar-refractivity contribution is 6.32. The highest BCUT2D eigenvalue weighted by Crippen LogP contribution is 2.41. The number of carbonyl (C=O) groups is 2. The van der Waals surface area contributed by atoms with Gasteiger partial charge in [0.25, 0.3) is 0 Å². The quantitative estimate of drug-likeness (QED) is 0.423. The first-order valence-electron chi connectivity index (χ1n) is 9.54. The van der Waals surface area contributed by atoms with Crippen LogP contribution < -0.4 is 4.90 Å². The summed E-state index contributed by atoms with van der Waals surface area (Å²) in [6.45, 7) is 0. The molecule has 1 aliphatic carbocycles. The molecule has 4 nitrogen and oxygen atoms in total. The van der Waals surface area contributed by atoms with Crippen molar-refractivity contribution in [3.63, 3.8) is 0 Å². The smallest absolute Gasteiger partial charge is 0.335 e. The molecule has 1 aliphatic rings. The minimum absolute atomic E-state index is 0.0645. The van der Waals surface area contributed by atoms with Crippen molar-refractivity contribution in [1.29, 1.82) is 0 Å². The van der Waals surface area contributed by atoms with E-state index >= 15 is 0 Å². The molecule has 6 heteroatoms. The van der Waals surface area contributed by atoms with Gasteiger partial charge in [-0.25, -0.2) is 4.79 Å². The fourth-order valence-corrected chi connectivity index (χ4v) is 4.39. The van der Waals surface area contributed by atoms with E-state index in [9.17, 15) is 9.59 Å². The molecule has 3 aromatic carbocycles. The summed E-state index contributed by atoms with van der Waals surface area (Å²) in [5, 5.41) is 10.4. The van der Waals surface area contributed by atoms with Gasteiger partial charge in [0.15, 0.2) is 0 Å². The van der Waals surface area contributed by atoms with Crippen molar-refractivity contribution in [2.45, 2.75) is 19.3 Å². The summed E-state index contributed by atoms with van der Waals surface area (Å²) in [5.41, 5.74) is 6.45. The molecule has 0 aromatic heterocycles. The number of halogens is 2. The van der Waals surface area contributed by atoms with Crippen LogP contribution in [0.2, 0.25) is 10.0 Å². The van der Waals surface area contributed by atoms with Gasteiger partial charge in [-0.1, -0.05) is 35.3 Å². The number of aromatic carboxylic acids is 1. The largest absolute Gasteiger partial charge is 0.478 e. The van der Waals surface area contributed by atoms with Gasteiger partial charge in [-0.05, 0) is 83.1 Å². The molecule has 0 saturated heterocycles. The molecular weight excluding hydrogens is 421 g/mol. The number of carboxylic acids is 1. The molecule has 30 heavy (non-hydrogen) atoms. The molecule has 1 N–H and O–H groups in total. The molecule has 0 unspecified atom stereocenters. The monoisotopic (exact) mass is 439 g/mol. The Hall–Kier alpha value is -2.82. The minimum Gasteiger partial charge on any atom is -0.478 e. The number of rotatable bonds is 5. The molecule has 0 heterocycles. The van der Waals surface area contributed by atoms with Crippen LogP contribution >= 0.6 is 23.2 Å². The number of carboxylic acid groups (broad SMARTS) is 1. The van der Waals surface area contributed by atoms with Crippen molar-refractivity contribution in [2.75, 3.05) is 11.9 Å². The molecule has 4 rings (SSSR count). The zero-order valence-electron chi connectivity index (χ0n) is 16.3. The zero-order chi connectivity index (χ0) is 21.4. The van der Waals surface area contributed by atoms with Gasteiger partial charge in [0.05, 0.1) is 5.56 Å². The average Bonchev–Trinajstić information content (AvgIpc) is 3.09. The lowest BCUT2D eigenvalue weighted by Crippen LogP contribution is -2.26. The lowest BCUT2D eigenvalue weighted by atomic mass is 9.97. The van der Waals surface area contributed by atoms with E-state index < -0.39 is 5.97 Å². The number of nitrogens with zero attached hydrogens (tertiary/aromatic N) is 1. The Morgan fingerprint density at radius 2 is 1.70 bits per heavy atom. The standard InChI is InChI=1S/C24H19Cl2NO3/c1-27(17-5-2-14(3-6-17)24(29)30)23(28)11-9-20-21-13-15-12-16(25)4-7-18(15)19(21)8-10-22(20)26/h2-8,10,12H,9,11,13H2,1H3,(H,29,30). The van der Waals surface area contributed by atoms with E-state index in [-0.39, 0.29) is 11.5 Å². The summed E-state index contributed by atoms with van der Waals surface area (Å²) in [7, 11) is 1.69. The Bertz CT molecular complexity index is 1160. The lowest BCUT2D eigenvalue weighted by Gasteiger charge is -2.18. The second kappa shape index (κ2) is 8.13. The van der Waals surface area contributed by atoms with Gasteiger partial charge in [0, 0.05) is 29.2 Å². The van der Waals surface area contributed by atoms with Crippen LogP contribution in [0.4, 0.5) is 5.69 Å². The molecular formula is C24H19Cl2NO3. The molecule has 3 aromatic rings. The predicted octanol–water partition coefficient (Wildman–Crippen LogP) is 5.86. The van der Waals surface area contributed by atoms with E-state index in [4.69, 9.17) is 28.3 Å². The third kappa shape index (κ3) is 3.81. The second-order valence-corrected chi connectivity index (χ2v) is 8.18. The molecule has 152 valence electrons. The Kier molecular flexibility index (Phi) is 5.54. The highest BCUT2D eigenvalue weighted by Gasteiger charge is 2.23. The Morgan fingerprint density at radius 1 is 1.00 bits per heavy atom. The van der Waals surface area contributed by atoms with Crippen molar-refractivity contribution in [3.8, 4) is 11.1 Å². The molecule has 0 spiro atoms. The van der Waals surface area contributed by atoms with E-state index in [1.165, 1.54) is 22.6 Å². The number of anilines is 1. The van der Waals surface area contributed by atoms with Gasteiger partial charge in [0.2, 0.25) is 5.91 Å². The van der Waals surface area contributed by atoms with Crippen molar-refractivity contribution >= 4 is 40.8 Å². The van der Waals surface area contributed by atoms with Gasteiger partial charge in [-0.15, -0.1) is 0 Å². The molecule has 0 radical (unpaired) electrons. The van der Waals surface area contributed by atoms with Crippen molar-refractivity contribution in [2.24, 2.45) is 0 Å². The molecule has 1 amide bonds. The number of carbonyl (C=O) groups excluding carboxylic acids is 1. The summed E-state index contributed by atoms with van der Waals surface area (Å²) in [4.78, 5) is 25.3. The Balaban J connectivity index is 1.52. The first-order chi connectivity index (χ1) is 14.3. The fraction of sp³-hybridized carbons (Fsp3) is 0.167. The van der Waals surface area contributed by atoms with E-state index in [2.05, 4.69) is 0 Å². The van der Waals surface area contributed by atoms with E-state index in [1.54, 1.807) is 19.2 Å². The summed E-state index contributed by atoms with van der Waals surface area (Å²) in [5.74, 6) is -1.06. The average molecular weight is 440 g/mol. The summed E-state index contributed by atoms with van der Waals surface area (Å²) in [6.07, 6.45) is 1.58. The third-order valence-corrected chi connectivity index (χ3v) is 6.15. The van der Waals surface area contributed by atoms with Crippen LogP contribution in [0, 0.1) is 0 Å². The van der Waals surface area contributed by atoms with Gasteiger partial charge in [-0.2, -0.15) is 0 Å². The topological polar surface area (TPSA) is 57.6 Å². The lowest BCUT2D eigenvalue weighted by molar-refractivity contribution is -0.118. The minimum atomic E-state index is -0.995. The Labute approximate surface area is 184 Å². The summed E-state index contributed by atoms with van der Waals surface area (Å²) < 4.78 is 0. The van der Waals surface area contributed by atoms with Crippen molar-refractivity contribution < 1.29 is 14.7 Å². The zero-order valence-corrected chi connectivity index (χ0v) is 17.8. The van der Waals surface area contributed by atoms with Crippen LogP contribution in [0.5, 0.6) is 0 Å². The normalized spacial score (nSPS) is 11.7. The van der Waals surface area contributed by atoms with Crippen LogP contribution in [0.1, 0.15) is 33.5 Å². The second-order valence-electron chi connectivity index (χ2n) is 7.34. The maximum absolute atomic E-state index is 12.8. The summed E-state index contributed by atoms with van der Waals surface area (Å²) in [6, 6.07) is 16.1. The SMILES string of the molecule is CN(C(=O)CCc1c(Cl)ccc2c1Cc1cc(Cl)ccc1-2)c1ccc(C(=O)O)cc1. The van der Waals surface area contributed by atoms with Gasteiger partial charge < -0.3 is 10.0 Å². The molecule has 0 aliphatic heterocycles. The van der Waals surface area contributed by atoms with E-state index in [0.717, 1.165) is 28.7 Å². The van der Waals surface area contributed by atoms with E-state index in [0.29, 0.717) is 28.6 Å². The number of hydrogen-bond donors (Lipinski definition) is 1. The Morgan fingerprint density at radius 3 is 2.40 bits per heavy atom. The molecule has 0 atom stereocenters. The number of benzene rings is 3. The van der Waals surface area contributed by atoms with Crippen molar-refractivity contribution in [3.05, 3.63) is 86.9 Å². The maximum Gasteiger partial charge on any atom is 0.335 e. The number of amides is 1. The van der Waals surface area contributed by atoms with Crippen molar-refractivity contribution in [1.82, 2.24) is 0 Å².